The van der Waals surface area contributed by atoms with Crippen LogP contribution in [0, 0.1) is 0 Å². The maximum Gasteiger partial charge on any atom is 0.238 e. The number of nitrogens with zero attached hydrogens (tertiary/aromatic N) is 1. The van der Waals surface area contributed by atoms with Crippen molar-refractivity contribution in [2.75, 3.05) is 26.8 Å². The molecule has 25 heavy (non-hydrogen) atoms. The molecule has 144 valence electrons. The Hall–Kier alpha value is -0.910. The summed E-state index contributed by atoms with van der Waals surface area (Å²) in [5.74, 6) is 0.694. The summed E-state index contributed by atoms with van der Waals surface area (Å²) < 4.78 is 27.9. The number of hydrogen-bond donors (Lipinski definition) is 3. The average molecular weight is 484 g/mol. The van der Waals surface area contributed by atoms with Crippen LogP contribution in [0.1, 0.15) is 31.7 Å². The maximum absolute atomic E-state index is 11.2. The number of halogens is 1. The predicted octanol–water partition coefficient (Wildman–Crippen LogP) is 1.82. The highest BCUT2D eigenvalue weighted by Crippen LogP contribution is 2.08. The summed E-state index contributed by atoms with van der Waals surface area (Å²) in [5, 5.41) is 11.5. The third-order valence-corrected chi connectivity index (χ3v) is 4.26. The van der Waals surface area contributed by atoms with Crippen LogP contribution in [0.4, 0.5) is 0 Å². The first-order valence-electron chi connectivity index (χ1n) is 8.11. The molecule has 0 heterocycles. The summed E-state index contributed by atoms with van der Waals surface area (Å²) in [4.78, 5) is 4.25. The second kappa shape index (κ2) is 13.3. The molecule has 0 spiro atoms. The Balaban J connectivity index is 0.00000576. The lowest BCUT2D eigenvalue weighted by atomic mass is 10.2. The van der Waals surface area contributed by atoms with E-state index in [1.165, 1.54) is 12.1 Å². The van der Waals surface area contributed by atoms with E-state index in [2.05, 4.69) is 22.5 Å². The van der Waals surface area contributed by atoms with Crippen molar-refractivity contribution in [2.45, 2.75) is 37.6 Å². The van der Waals surface area contributed by atoms with Gasteiger partial charge in [0, 0.05) is 33.4 Å². The Morgan fingerprint density at radius 2 is 1.80 bits per heavy atom. The summed E-state index contributed by atoms with van der Waals surface area (Å²) >= 11 is 0. The van der Waals surface area contributed by atoms with E-state index >= 15 is 0 Å². The highest BCUT2D eigenvalue weighted by Gasteiger charge is 2.06. The van der Waals surface area contributed by atoms with E-state index in [1.807, 2.05) is 0 Å². The molecule has 0 radical (unpaired) electrons. The molecule has 0 saturated carbocycles. The van der Waals surface area contributed by atoms with Crippen LogP contribution in [0.5, 0.6) is 0 Å². The van der Waals surface area contributed by atoms with E-state index in [4.69, 9.17) is 9.88 Å². The van der Waals surface area contributed by atoms with Crippen molar-refractivity contribution < 1.29 is 13.2 Å². The fourth-order valence-electron chi connectivity index (χ4n) is 1.93. The molecule has 0 atom stereocenters. The minimum absolute atomic E-state index is 0. The molecule has 0 amide bonds. The van der Waals surface area contributed by atoms with Gasteiger partial charge in [0.25, 0.3) is 0 Å². The zero-order chi connectivity index (χ0) is 17.8. The van der Waals surface area contributed by atoms with E-state index in [0.717, 1.165) is 44.6 Å². The van der Waals surface area contributed by atoms with Crippen molar-refractivity contribution in [3.8, 4) is 0 Å². The summed E-state index contributed by atoms with van der Waals surface area (Å²) in [6, 6.07) is 6.44. The van der Waals surface area contributed by atoms with Crippen molar-refractivity contribution in [3.05, 3.63) is 29.8 Å². The third kappa shape index (κ3) is 10.6. The lowest BCUT2D eigenvalue weighted by Crippen LogP contribution is -2.37. The maximum atomic E-state index is 11.2. The zero-order valence-electron chi connectivity index (χ0n) is 14.8. The second-order valence-electron chi connectivity index (χ2n) is 5.36. The van der Waals surface area contributed by atoms with Gasteiger partial charge in [-0.25, -0.2) is 13.6 Å². The molecule has 0 aromatic heterocycles. The van der Waals surface area contributed by atoms with Crippen LogP contribution in [-0.4, -0.2) is 41.2 Å². The Morgan fingerprint density at radius 1 is 1.16 bits per heavy atom. The van der Waals surface area contributed by atoms with E-state index in [0.29, 0.717) is 12.5 Å². The van der Waals surface area contributed by atoms with Crippen LogP contribution in [0.2, 0.25) is 0 Å². The molecule has 1 aromatic carbocycles. The highest BCUT2D eigenvalue weighted by atomic mass is 127. The summed E-state index contributed by atoms with van der Waals surface area (Å²) in [6.07, 6.45) is 3.15. The van der Waals surface area contributed by atoms with Gasteiger partial charge in [-0.05, 0) is 30.5 Å². The lowest BCUT2D eigenvalue weighted by molar-refractivity contribution is 0.129. The quantitative estimate of drug-likeness (QED) is 0.203. The Bertz CT molecular complexity index is 606. The van der Waals surface area contributed by atoms with Crippen molar-refractivity contribution in [3.63, 3.8) is 0 Å². The molecule has 9 heteroatoms. The molecule has 7 nitrogen and oxygen atoms in total. The van der Waals surface area contributed by atoms with Crippen LogP contribution in [-0.2, 0) is 21.3 Å². The number of unbranched alkanes of at least 4 members (excludes halogenated alkanes) is 1. The number of sulfonamides is 1. The first-order valence-corrected chi connectivity index (χ1v) is 9.66. The third-order valence-electron chi connectivity index (χ3n) is 3.34. The van der Waals surface area contributed by atoms with E-state index in [-0.39, 0.29) is 28.9 Å². The molecule has 0 aliphatic heterocycles. The number of rotatable bonds is 10. The molecule has 0 saturated heterocycles. The van der Waals surface area contributed by atoms with Crippen molar-refractivity contribution in [1.29, 1.82) is 0 Å². The van der Waals surface area contributed by atoms with Gasteiger partial charge in [0.15, 0.2) is 5.96 Å². The molecule has 1 aromatic rings. The van der Waals surface area contributed by atoms with Crippen LogP contribution in [0.15, 0.2) is 34.2 Å². The number of aliphatic imine (C=N–C) groups is 1. The Labute approximate surface area is 167 Å². The monoisotopic (exact) mass is 484 g/mol. The molecule has 0 unspecified atom stereocenters. The minimum Gasteiger partial charge on any atom is -0.381 e. The Morgan fingerprint density at radius 3 is 2.36 bits per heavy atom. The molecular weight excluding hydrogens is 455 g/mol. The first kappa shape index (κ1) is 24.1. The minimum atomic E-state index is -3.65. The molecular formula is C16H29IN4O3S. The number of guanidine groups is 1. The topological polar surface area (TPSA) is 106 Å². The van der Waals surface area contributed by atoms with Crippen LogP contribution in [0.25, 0.3) is 0 Å². The molecule has 1 rings (SSSR count). The van der Waals surface area contributed by atoms with Gasteiger partial charge in [0.2, 0.25) is 10.0 Å². The molecule has 0 fully saturated rings. The number of primary sulfonamides is 1. The van der Waals surface area contributed by atoms with Gasteiger partial charge >= 0.3 is 0 Å². The Kier molecular flexibility index (Phi) is 12.8. The van der Waals surface area contributed by atoms with Gasteiger partial charge in [-0.15, -0.1) is 24.0 Å². The standard InChI is InChI=1S/C16H28N4O3S.HI/c1-3-4-11-23-12-5-10-19-16(18-2)20-13-14-6-8-15(9-7-14)24(17,21)22;/h6-9H,3-5,10-13H2,1-2H3,(H2,17,21,22)(H2,18,19,20);1H. The SMILES string of the molecule is CCCCOCCCNC(=NC)NCc1ccc(S(N)(=O)=O)cc1.I. The number of ether oxygens (including phenoxy) is 1. The van der Waals surface area contributed by atoms with E-state index in [1.54, 1.807) is 19.2 Å². The largest absolute Gasteiger partial charge is 0.381 e. The van der Waals surface area contributed by atoms with Crippen molar-refractivity contribution in [2.24, 2.45) is 10.1 Å². The van der Waals surface area contributed by atoms with Crippen molar-refractivity contribution >= 4 is 40.0 Å². The van der Waals surface area contributed by atoms with Crippen LogP contribution < -0.4 is 15.8 Å². The number of benzene rings is 1. The van der Waals surface area contributed by atoms with Gasteiger partial charge in [-0.1, -0.05) is 25.5 Å². The van der Waals surface area contributed by atoms with Crippen LogP contribution >= 0.6 is 24.0 Å². The summed E-state index contributed by atoms with van der Waals surface area (Å²) in [5.41, 5.74) is 0.938. The molecule has 0 bridgehead atoms. The molecule has 0 aliphatic carbocycles. The second-order valence-corrected chi connectivity index (χ2v) is 6.92. The summed E-state index contributed by atoms with van der Waals surface area (Å²) in [7, 11) is -1.94. The average Bonchev–Trinajstić information content (AvgIpc) is 2.56. The fourth-order valence-corrected chi connectivity index (χ4v) is 2.45. The van der Waals surface area contributed by atoms with E-state index < -0.39 is 10.0 Å². The normalized spacial score (nSPS) is 11.7. The van der Waals surface area contributed by atoms with Gasteiger partial charge in [0.05, 0.1) is 4.90 Å². The van der Waals surface area contributed by atoms with Crippen LogP contribution in [0.3, 0.4) is 0 Å². The van der Waals surface area contributed by atoms with E-state index in [9.17, 15) is 8.42 Å². The van der Waals surface area contributed by atoms with Gasteiger partial charge < -0.3 is 15.4 Å². The van der Waals surface area contributed by atoms with Gasteiger partial charge in [-0.2, -0.15) is 0 Å². The number of nitrogens with one attached hydrogen (secondary N) is 2. The first-order chi connectivity index (χ1) is 11.5. The number of nitrogens with two attached hydrogens (primary N) is 1. The lowest BCUT2D eigenvalue weighted by Gasteiger charge is -2.12. The highest BCUT2D eigenvalue weighted by molar-refractivity contribution is 14.0. The predicted molar refractivity (Wildman–Crippen MR) is 112 cm³/mol. The zero-order valence-corrected chi connectivity index (χ0v) is 18.0. The number of hydrogen-bond acceptors (Lipinski definition) is 4. The fraction of sp³-hybridized carbons (Fsp3) is 0.562. The van der Waals surface area contributed by atoms with Gasteiger partial charge in [0.1, 0.15) is 0 Å². The van der Waals surface area contributed by atoms with Crippen molar-refractivity contribution in [1.82, 2.24) is 10.6 Å². The smallest absolute Gasteiger partial charge is 0.238 e. The van der Waals surface area contributed by atoms with Gasteiger partial charge in [-0.3, -0.25) is 4.99 Å². The molecule has 4 N–H and O–H groups in total. The summed E-state index contributed by atoms with van der Waals surface area (Å²) in [6.45, 7) is 5.01. The molecule has 0 aliphatic rings.